The van der Waals surface area contributed by atoms with E-state index < -0.39 is 5.60 Å². The first-order valence-corrected chi connectivity index (χ1v) is 5.26. The third kappa shape index (κ3) is 2.17. The van der Waals surface area contributed by atoms with Crippen LogP contribution in [0.4, 0.5) is 4.39 Å². The minimum Gasteiger partial charge on any atom is -0.381 e. The fourth-order valence-electron chi connectivity index (χ4n) is 1.61. The highest BCUT2D eigenvalue weighted by molar-refractivity contribution is 5.34. The average Bonchev–Trinajstić information content (AvgIpc) is 2.33. The number of halogens is 1. The highest BCUT2D eigenvalue weighted by Gasteiger charge is 2.26. The molecule has 0 fully saturated rings. The molecule has 0 radical (unpaired) electrons. The van der Waals surface area contributed by atoms with Gasteiger partial charge < -0.3 is 5.11 Å². The van der Waals surface area contributed by atoms with Crippen LogP contribution in [0.1, 0.15) is 23.6 Å². The van der Waals surface area contributed by atoms with E-state index in [1.54, 1.807) is 26.0 Å². The molecule has 2 aromatic rings. The van der Waals surface area contributed by atoms with Crippen molar-refractivity contribution in [3.8, 4) is 0 Å². The zero-order chi connectivity index (χ0) is 12.5. The van der Waals surface area contributed by atoms with Gasteiger partial charge in [0.05, 0.1) is 0 Å². The molecule has 0 aliphatic carbocycles. The summed E-state index contributed by atoms with van der Waals surface area (Å²) < 4.78 is 13.5. The Bertz CT molecular complexity index is 526. The highest BCUT2D eigenvalue weighted by atomic mass is 19.1. The van der Waals surface area contributed by atoms with Crippen LogP contribution < -0.4 is 0 Å². The van der Waals surface area contributed by atoms with Crippen molar-refractivity contribution < 1.29 is 9.50 Å². The zero-order valence-electron chi connectivity index (χ0n) is 9.68. The third-order valence-corrected chi connectivity index (χ3v) is 2.86. The van der Waals surface area contributed by atoms with Crippen molar-refractivity contribution in [3.63, 3.8) is 0 Å². The molecule has 0 bridgehead atoms. The molecule has 0 aliphatic heterocycles. The Hall–Kier alpha value is -1.81. The molecule has 0 amide bonds. The first-order valence-electron chi connectivity index (χ1n) is 5.26. The smallest absolute Gasteiger partial charge is 0.126 e. The SMILES string of the molecule is Cc1ccc(C(C)(O)c2cncnc2)cc1F. The second-order valence-electron chi connectivity index (χ2n) is 4.16. The second-order valence-corrected chi connectivity index (χ2v) is 4.16. The largest absolute Gasteiger partial charge is 0.381 e. The van der Waals surface area contributed by atoms with Gasteiger partial charge in [0.2, 0.25) is 0 Å². The molecule has 0 aliphatic rings. The van der Waals surface area contributed by atoms with Crippen molar-refractivity contribution >= 4 is 0 Å². The van der Waals surface area contributed by atoms with E-state index in [0.29, 0.717) is 16.7 Å². The summed E-state index contributed by atoms with van der Waals surface area (Å²) in [6, 6.07) is 4.68. The molecule has 1 N–H and O–H groups in total. The average molecular weight is 232 g/mol. The number of aromatic nitrogens is 2. The summed E-state index contributed by atoms with van der Waals surface area (Å²) in [6.07, 6.45) is 4.42. The molecule has 1 aromatic carbocycles. The maximum atomic E-state index is 13.5. The Kier molecular flexibility index (Phi) is 2.90. The standard InChI is InChI=1S/C13H13FN2O/c1-9-3-4-10(5-12(9)14)13(2,17)11-6-15-8-16-7-11/h3-8,17H,1-2H3. The van der Waals surface area contributed by atoms with Crippen LogP contribution >= 0.6 is 0 Å². The first kappa shape index (κ1) is 11.7. The van der Waals surface area contributed by atoms with E-state index in [4.69, 9.17) is 0 Å². The monoisotopic (exact) mass is 232 g/mol. The van der Waals surface area contributed by atoms with E-state index >= 15 is 0 Å². The molecule has 4 heteroatoms. The minimum atomic E-state index is -1.30. The van der Waals surface area contributed by atoms with Crippen LogP contribution in [0, 0.1) is 12.7 Å². The van der Waals surface area contributed by atoms with Gasteiger partial charge >= 0.3 is 0 Å². The summed E-state index contributed by atoms with van der Waals surface area (Å²) in [5.41, 5.74) is 0.267. The molecule has 1 atom stereocenters. The van der Waals surface area contributed by atoms with Crippen LogP contribution in [0.25, 0.3) is 0 Å². The molecular formula is C13H13FN2O. The summed E-state index contributed by atoms with van der Waals surface area (Å²) in [7, 11) is 0. The van der Waals surface area contributed by atoms with Gasteiger partial charge in [0, 0.05) is 18.0 Å². The van der Waals surface area contributed by atoms with Gasteiger partial charge in [-0.05, 0) is 31.0 Å². The molecule has 1 unspecified atom stereocenters. The molecule has 17 heavy (non-hydrogen) atoms. The molecule has 0 saturated carbocycles. The van der Waals surface area contributed by atoms with Crippen molar-refractivity contribution in [2.75, 3.05) is 0 Å². The van der Waals surface area contributed by atoms with Gasteiger partial charge in [-0.25, -0.2) is 14.4 Å². The van der Waals surface area contributed by atoms with Crippen LogP contribution in [-0.4, -0.2) is 15.1 Å². The fraction of sp³-hybridized carbons (Fsp3) is 0.231. The molecular weight excluding hydrogens is 219 g/mol. The van der Waals surface area contributed by atoms with Crippen LogP contribution in [-0.2, 0) is 5.60 Å². The third-order valence-electron chi connectivity index (χ3n) is 2.86. The summed E-state index contributed by atoms with van der Waals surface area (Å²) in [6.45, 7) is 3.27. The summed E-state index contributed by atoms with van der Waals surface area (Å²) in [4.78, 5) is 7.70. The highest BCUT2D eigenvalue weighted by Crippen LogP contribution is 2.28. The molecule has 0 spiro atoms. The molecule has 0 saturated heterocycles. The lowest BCUT2D eigenvalue weighted by Crippen LogP contribution is -2.23. The van der Waals surface area contributed by atoms with E-state index in [9.17, 15) is 9.50 Å². The lowest BCUT2D eigenvalue weighted by molar-refractivity contribution is 0.101. The van der Waals surface area contributed by atoms with E-state index in [2.05, 4.69) is 9.97 Å². The maximum absolute atomic E-state index is 13.5. The number of rotatable bonds is 2. The number of aryl methyl sites for hydroxylation is 1. The van der Waals surface area contributed by atoms with Crippen molar-refractivity contribution in [2.24, 2.45) is 0 Å². The quantitative estimate of drug-likeness (QED) is 0.863. The van der Waals surface area contributed by atoms with Gasteiger partial charge in [0.25, 0.3) is 0 Å². The van der Waals surface area contributed by atoms with Crippen LogP contribution in [0.5, 0.6) is 0 Å². The van der Waals surface area contributed by atoms with Gasteiger partial charge in [-0.15, -0.1) is 0 Å². The maximum Gasteiger partial charge on any atom is 0.126 e. The van der Waals surface area contributed by atoms with Gasteiger partial charge in [-0.1, -0.05) is 12.1 Å². The predicted octanol–water partition coefficient (Wildman–Crippen LogP) is 2.18. The summed E-state index contributed by atoms with van der Waals surface area (Å²) in [5, 5.41) is 10.4. The Morgan fingerprint density at radius 3 is 2.41 bits per heavy atom. The number of hydrogen-bond donors (Lipinski definition) is 1. The topological polar surface area (TPSA) is 46.0 Å². The van der Waals surface area contributed by atoms with E-state index in [0.717, 1.165) is 0 Å². The molecule has 88 valence electrons. The summed E-state index contributed by atoms with van der Waals surface area (Å²) in [5.74, 6) is -0.334. The number of nitrogens with zero attached hydrogens (tertiary/aromatic N) is 2. The lowest BCUT2D eigenvalue weighted by atomic mass is 9.89. The van der Waals surface area contributed by atoms with E-state index in [1.165, 1.54) is 24.8 Å². The van der Waals surface area contributed by atoms with Gasteiger partial charge in [-0.2, -0.15) is 0 Å². The molecule has 2 rings (SSSR count). The zero-order valence-corrected chi connectivity index (χ0v) is 9.68. The van der Waals surface area contributed by atoms with Crippen molar-refractivity contribution in [1.29, 1.82) is 0 Å². The predicted molar refractivity (Wildman–Crippen MR) is 61.8 cm³/mol. The van der Waals surface area contributed by atoms with Crippen LogP contribution in [0.15, 0.2) is 36.9 Å². The van der Waals surface area contributed by atoms with Crippen LogP contribution in [0.2, 0.25) is 0 Å². The van der Waals surface area contributed by atoms with Crippen LogP contribution in [0.3, 0.4) is 0 Å². The van der Waals surface area contributed by atoms with Gasteiger partial charge in [-0.3, -0.25) is 0 Å². The molecule has 1 heterocycles. The number of aliphatic hydroxyl groups is 1. The fourth-order valence-corrected chi connectivity index (χ4v) is 1.61. The van der Waals surface area contributed by atoms with Gasteiger partial charge in [0.15, 0.2) is 0 Å². The van der Waals surface area contributed by atoms with E-state index in [-0.39, 0.29) is 5.82 Å². The minimum absolute atomic E-state index is 0.334. The Morgan fingerprint density at radius 2 is 1.82 bits per heavy atom. The van der Waals surface area contributed by atoms with Crippen molar-refractivity contribution in [3.05, 3.63) is 59.4 Å². The molecule has 1 aromatic heterocycles. The van der Waals surface area contributed by atoms with Crippen molar-refractivity contribution in [2.45, 2.75) is 19.4 Å². The second kappa shape index (κ2) is 4.22. The molecule has 3 nitrogen and oxygen atoms in total. The number of hydrogen-bond acceptors (Lipinski definition) is 3. The Labute approximate surface area is 99.0 Å². The number of benzene rings is 1. The summed E-state index contributed by atoms with van der Waals surface area (Å²) >= 11 is 0. The Balaban J connectivity index is 2.48. The van der Waals surface area contributed by atoms with E-state index in [1.807, 2.05) is 0 Å². The van der Waals surface area contributed by atoms with Crippen molar-refractivity contribution in [1.82, 2.24) is 9.97 Å². The first-order chi connectivity index (χ1) is 8.01. The van der Waals surface area contributed by atoms with Gasteiger partial charge in [0.1, 0.15) is 17.7 Å². The Morgan fingerprint density at radius 1 is 1.18 bits per heavy atom. The normalized spacial score (nSPS) is 14.4. The lowest BCUT2D eigenvalue weighted by Gasteiger charge is -2.23.